The highest BCUT2D eigenvalue weighted by molar-refractivity contribution is 6.01. The van der Waals surface area contributed by atoms with Crippen LogP contribution in [0.15, 0.2) is 46.6 Å². The average Bonchev–Trinajstić information content (AvgIpc) is 3.39. The largest absolute Gasteiger partial charge is 0.478 e. The van der Waals surface area contributed by atoms with E-state index >= 15 is 8.78 Å². The zero-order valence-corrected chi connectivity index (χ0v) is 20.2. The van der Waals surface area contributed by atoms with Crippen LogP contribution in [0.3, 0.4) is 0 Å². The minimum atomic E-state index is -1.93. The van der Waals surface area contributed by atoms with E-state index in [0.717, 1.165) is 0 Å². The first kappa shape index (κ1) is 23.9. The second-order valence-corrected chi connectivity index (χ2v) is 11.3. The third-order valence-corrected chi connectivity index (χ3v) is 9.81. The van der Waals surface area contributed by atoms with Gasteiger partial charge in [0.15, 0.2) is 5.78 Å². The first-order valence-electron chi connectivity index (χ1n) is 12.1. The van der Waals surface area contributed by atoms with Crippen LogP contribution in [0.1, 0.15) is 57.5 Å². The Morgan fingerprint density at radius 3 is 2.51 bits per heavy atom. The van der Waals surface area contributed by atoms with E-state index in [4.69, 9.17) is 9.15 Å². The van der Waals surface area contributed by atoms with Gasteiger partial charge in [-0.2, -0.15) is 0 Å². The third-order valence-electron chi connectivity index (χ3n) is 9.81. The van der Waals surface area contributed by atoms with Gasteiger partial charge in [0.1, 0.15) is 11.8 Å². The second-order valence-electron chi connectivity index (χ2n) is 11.3. The summed E-state index contributed by atoms with van der Waals surface area (Å²) in [7, 11) is 0. The molecular weight excluding hydrogens is 458 g/mol. The molecule has 9 atom stereocenters. The van der Waals surface area contributed by atoms with Gasteiger partial charge < -0.3 is 14.3 Å². The number of carbonyl (C=O) groups excluding carboxylic acids is 2. The number of ether oxygens (including phenoxy) is 1. The number of carboxylic acid groups (broad SMARTS) is 1. The number of aliphatic carboxylic acids is 1. The van der Waals surface area contributed by atoms with Crippen molar-refractivity contribution < 1.29 is 37.4 Å². The Labute approximate surface area is 202 Å². The number of hydrogen-bond acceptors (Lipinski definition) is 5. The van der Waals surface area contributed by atoms with Crippen LogP contribution >= 0.6 is 0 Å². The number of carboxylic acids is 1. The van der Waals surface area contributed by atoms with Gasteiger partial charge in [-0.25, -0.2) is 18.4 Å². The van der Waals surface area contributed by atoms with Gasteiger partial charge in [0.05, 0.1) is 6.26 Å². The minimum absolute atomic E-state index is 0.116. The summed E-state index contributed by atoms with van der Waals surface area (Å²) in [6.45, 7) is 6.78. The second kappa shape index (κ2) is 7.37. The van der Waals surface area contributed by atoms with Gasteiger partial charge in [-0.05, 0) is 67.9 Å². The lowest BCUT2D eigenvalue weighted by Gasteiger charge is -2.63. The maximum absolute atomic E-state index is 17.5. The summed E-state index contributed by atoms with van der Waals surface area (Å²) in [5.41, 5.74) is -6.16. The average molecular weight is 489 g/mol. The molecule has 188 valence electrons. The van der Waals surface area contributed by atoms with Crippen LogP contribution in [-0.4, -0.2) is 40.3 Å². The number of carbonyl (C=O) groups is 3. The van der Waals surface area contributed by atoms with Crippen LogP contribution in [-0.2, 0) is 14.3 Å². The normalized spacial score (nSPS) is 46.3. The number of halogens is 2. The van der Waals surface area contributed by atoms with E-state index < -0.39 is 63.9 Å². The fraction of sp³-hybridized carbons (Fsp3) is 0.593. The van der Waals surface area contributed by atoms with E-state index in [1.54, 1.807) is 27.7 Å². The highest BCUT2D eigenvalue weighted by Crippen LogP contribution is 2.73. The number of ketones is 1. The molecule has 1 aromatic heterocycles. The Hall–Kier alpha value is -2.77. The maximum Gasteiger partial charge on any atom is 0.375 e. The number of hydrogen-bond donors (Lipinski definition) is 1. The number of alkyl halides is 2. The zero-order valence-electron chi connectivity index (χ0n) is 20.2. The molecular formula is C27H30F2O6. The van der Waals surface area contributed by atoms with Crippen LogP contribution in [0, 0.1) is 34.5 Å². The lowest BCUT2D eigenvalue weighted by molar-refractivity contribution is -0.212. The summed E-state index contributed by atoms with van der Waals surface area (Å²) in [5.74, 6) is -5.38. The van der Waals surface area contributed by atoms with Crippen molar-refractivity contribution >= 4 is 17.7 Å². The molecule has 3 saturated carbocycles. The zero-order chi connectivity index (χ0) is 25.6. The Bertz CT molecular complexity index is 1160. The van der Waals surface area contributed by atoms with Gasteiger partial charge >= 0.3 is 11.9 Å². The van der Waals surface area contributed by atoms with Crippen LogP contribution in [0.2, 0.25) is 0 Å². The monoisotopic (exact) mass is 488 g/mol. The molecule has 4 aliphatic rings. The molecule has 35 heavy (non-hydrogen) atoms. The van der Waals surface area contributed by atoms with Crippen molar-refractivity contribution in [2.75, 3.05) is 0 Å². The quantitative estimate of drug-likeness (QED) is 0.595. The topological polar surface area (TPSA) is 93.8 Å². The molecule has 8 heteroatoms. The van der Waals surface area contributed by atoms with E-state index in [1.165, 1.54) is 36.6 Å². The standard InChI is InChI=1S/C27H30F2O6/c1-14-10-17-18-12-20(28)19-11-16(30)7-8-24(19,3)26(18,29)15(2)13-25(17,4)27(14,23(32)33)35-22(31)21-6-5-9-34-21/h5-9,11,14-15,17-18,20H,10,12-13H2,1-4H3,(H,32,33)/t14-,15+,17?,18?,20+,24+,25+,26-,27+/m1/s1. The van der Waals surface area contributed by atoms with Crippen molar-refractivity contribution in [1.29, 1.82) is 0 Å². The van der Waals surface area contributed by atoms with Crippen molar-refractivity contribution in [1.82, 2.24) is 0 Å². The fourth-order valence-corrected chi connectivity index (χ4v) is 8.35. The SMILES string of the molecule is C[C@@H]1CC2C3C[C@H](F)C4=CC(=O)C=C[C@]4(C)[C@@]3(F)[C@@H](C)C[C@]2(C)[C@@]1(OC(=O)c1ccco1)C(=O)O. The molecule has 4 aliphatic carbocycles. The number of furan rings is 1. The van der Waals surface area contributed by atoms with E-state index in [1.807, 2.05) is 0 Å². The maximum atomic E-state index is 17.5. The van der Waals surface area contributed by atoms with Gasteiger partial charge in [-0.3, -0.25) is 4.79 Å². The molecule has 3 fully saturated rings. The fourth-order valence-electron chi connectivity index (χ4n) is 8.35. The molecule has 1 aromatic rings. The summed E-state index contributed by atoms with van der Waals surface area (Å²) in [5, 5.41) is 10.5. The molecule has 0 spiro atoms. The molecule has 5 rings (SSSR count). The first-order chi connectivity index (χ1) is 16.3. The smallest absolute Gasteiger partial charge is 0.375 e. The van der Waals surface area contributed by atoms with Crippen molar-refractivity contribution in [3.05, 3.63) is 48.0 Å². The van der Waals surface area contributed by atoms with E-state index in [9.17, 15) is 19.5 Å². The number of allylic oxidation sites excluding steroid dienone is 4. The Balaban J connectivity index is 1.62. The first-order valence-corrected chi connectivity index (χ1v) is 12.1. The molecule has 2 unspecified atom stereocenters. The van der Waals surface area contributed by atoms with Crippen molar-refractivity contribution in [3.8, 4) is 0 Å². The van der Waals surface area contributed by atoms with Gasteiger partial charge in [0, 0.05) is 22.7 Å². The summed E-state index contributed by atoms with van der Waals surface area (Å²) < 4.78 is 44.0. The van der Waals surface area contributed by atoms with Crippen LogP contribution in [0.4, 0.5) is 8.78 Å². The van der Waals surface area contributed by atoms with Gasteiger partial charge in [-0.1, -0.05) is 26.8 Å². The molecule has 0 aliphatic heterocycles. The lowest BCUT2D eigenvalue weighted by atomic mass is 9.42. The highest BCUT2D eigenvalue weighted by Gasteiger charge is 2.77. The molecule has 1 N–H and O–H groups in total. The minimum Gasteiger partial charge on any atom is -0.478 e. The molecule has 6 nitrogen and oxygen atoms in total. The molecule has 1 heterocycles. The van der Waals surface area contributed by atoms with Gasteiger partial charge in [-0.15, -0.1) is 0 Å². The van der Waals surface area contributed by atoms with Crippen molar-refractivity contribution in [2.45, 2.75) is 64.4 Å². The molecule has 0 bridgehead atoms. The van der Waals surface area contributed by atoms with Crippen molar-refractivity contribution in [2.24, 2.45) is 34.5 Å². The Morgan fingerprint density at radius 2 is 1.89 bits per heavy atom. The summed E-state index contributed by atoms with van der Waals surface area (Å²) in [6, 6.07) is 2.90. The van der Waals surface area contributed by atoms with Crippen LogP contribution in [0.25, 0.3) is 0 Å². The van der Waals surface area contributed by atoms with E-state index in [-0.39, 0.29) is 36.4 Å². The number of esters is 1. The molecule has 0 radical (unpaired) electrons. The predicted molar refractivity (Wildman–Crippen MR) is 121 cm³/mol. The molecule has 0 amide bonds. The summed E-state index contributed by atoms with van der Waals surface area (Å²) in [4.78, 5) is 37.8. The van der Waals surface area contributed by atoms with Crippen molar-refractivity contribution in [3.63, 3.8) is 0 Å². The summed E-state index contributed by atoms with van der Waals surface area (Å²) in [6.07, 6.45) is 4.00. The Kier molecular flexibility index (Phi) is 5.04. The van der Waals surface area contributed by atoms with Gasteiger partial charge in [0.25, 0.3) is 0 Å². The lowest BCUT2D eigenvalue weighted by Crippen LogP contribution is -2.68. The number of rotatable bonds is 3. The van der Waals surface area contributed by atoms with Gasteiger partial charge in [0.2, 0.25) is 11.4 Å². The van der Waals surface area contributed by atoms with E-state index in [2.05, 4.69) is 0 Å². The third kappa shape index (κ3) is 2.77. The molecule has 0 aromatic carbocycles. The van der Waals surface area contributed by atoms with E-state index in [0.29, 0.717) is 0 Å². The molecule has 0 saturated heterocycles. The number of fused-ring (bicyclic) bond motifs is 5. The van der Waals surface area contributed by atoms with Crippen LogP contribution < -0.4 is 0 Å². The predicted octanol–water partition coefficient (Wildman–Crippen LogP) is 5.10. The summed E-state index contributed by atoms with van der Waals surface area (Å²) >= 11 is 0. The van der Waals surface area contributed by atoms with Crippen LogP contribution in [0.5, 0.6) is 0 Å². The highest BCUT2D eigenvalue weighted by atomic mass is 19.1. The Morgan fingerprint density at radius 1 is 1.17 bits per heavy atom.